The maximum absolute atomic E-state index is 12.3. The average Bonchev–Trinajstić information content (AvgIpc) is 2.38. The molecule has 1 aromatic carbocycles. The van der Waals surface area contributed by atoms with Crippen molar-refractivity contribution in [3.8, 4) is 5.75 Å². The highest BCUT2D eigenvalue weighted by Crippen LogP contribution is 2.32. The zero-order chi connectivity index (χ0) is 14.6. The van der Waals surface area contributed by atoms with E-state index in [1.54, 1.807) is 13.2 Å². The minimum atomic E-state index is -0.318. The largest absolute Gasteiger partial charge is 0.496 e. The number of carbonyl (C=O) groups excluding carboxylic acids is 1. The maximum Gasteiger partial charge on any atom is 0.168 e. The van der Waals surface area contributed by atoms with E-state index in [0.717, 1.165) is 11.3 Å². The third-order valence-electron chi connectivity index (χ3n) is 3.38. The molecule has 0 saturated heterocycles. The van der Waals surface area contributed by atoms with Gasteiger partial charge in [0.15, 0.2) is 5.78 Å². The molecule has 3 nitrogen and oxygen atoms in total. The molecule has 1 rings (SSSR count). The van der Waals surface area contributed by atoms with Crippen molar-refractivity contribution in [2.45, 2.75) is 39.5 Å². The Kier molecular flexibility index (Phi) is 5.12. The summed E-state index contributed by atoms with van der Waals surface area (Å²) in [4.78, 5) is 12.3. The molecule has 1 unspecified atom stereocenters. The van der Waals surface area contributed by atoms with Crippen molar-refractivity contribution < 1.29 is 14.6 Å². The number of benzene rings is 1. The van der Waals surface area contributed by atoms with Gasteiger partial charge in [0.2, 0.25) is 0 Å². The first kappa shape index (κ1) is 15.7. The van der Waals surface area contributed by atoms with E-state index in [9.17, 15) is 9.90 Å². The van der Waals surface area contributed by atoms with Gasteiger partial charge in [-0.25, -0.2) is 0 Å². The van der Waals surface area contributed by atoms with Gasteiger partial charge in [0, 0.05) is 17.0 Å². The molecule has 106 valence electrons. The van der Waals surface area contributed by atoms with Gasteiger partial charge >= 0.3 is 0 Å². The summed E-state index contributed by atoms with van der Waals surface area (Å²) in [6.07, 6.45) is 0.645. The molecule has 19 heavy (non-hydrogen) atoms. The third kappa shape index (κ3) is 3.57. The van der Waals surface area contributed by atoms with Gasteiger partial charge in [-0.15, -0.1) is 0 Å². The standard InChI is InChI=1S/C16H24O3/c1-6-11(10-17)15(18)12-7-8-14(19-5)13(9-12)16(2,3)4/h7-9,11,17H,6,10H2,1-5H3. The van der Waals surface area contributed by atoms with Crippen molar-refractivity contribution >= 4 is 5.78 Å². The van der Waals surface area contributed by atoms with Crippen LogP contribution in [0.25, 0.3) is 0 Å². The summed E-state index contributed by atoms with van der Waals surface area (Å²) in [5.74, 6) is 0.473. The van der Waals surface area contributed by atoms with E-state index in [4.69, 9.17) is 4.74 Å². The summed E-state index contributed by atoms with van der Waals surface area (Å²) in [5, 5.41) is 9.24. The van der Waals surface area contributed by atoms with Gasteiger partial charge in [0.1, 0.15) is 5.75 Å². The van der Waals surface area contributed by atoms with Crippen LogP contribution in [0.5, 0.6) is 5.75 Å². The van der Waals surface area contributed by atoms with Crippen LogP contribution in [0.15, 0.2) is 18.2 Å². The van der Waals surface area contributed by atoms with Crippen LogP contribution < -0.4 is 4.74 Å². The van der Waals surface area contributed by atoms with Crippen LogP contribution in [-0.2, 0) is 5.41 Å². The number of carbonyl (C=O) groups is 1. The summed E-state index contributed by atoms with van der Waals surface area (Å²) < 4.78 is 5.36. The molecule has 0 aromatic heterocycles. The van der Waals surface area contributed by atoms with Gasteiger partial charge in [0.25, 0.3) is 0 Å². The molecule has 0 radical (unpaired) electrons. The average molecular weight is 264 g/mol. The second-order valence-corrected chi connectivity index (χ2v) is 5.82. The van der Waals surface area contributed by atoms with Crippen LogP contribution in [0.2, 0.25) is 0 Å². The van der Waals surface area contributed by atoms with E-state index < -0.39 is 0 Å². The third-order valence-corrected chi connectivity index (χ3v) is 3.38. The Labute approximate surface area is 115 Å². The second-order valence-electron chi connectivity index (χ2n) is 5.82. The summed E-state index contributed by atoms with van der Waals surface area (Å²) in [5.41, 5.74) is 1.56. The number of hydrogen-bond donors (Lipinski definition) is 1. The Morgan fingerprint density at radius 2 is 2.00 bits per heavy atom. The van der Waals surface area contributed by atoms with Gasteiger partial charge < -0.3 is 9.84 Å². The van der Waals surface area contributed by atoms with Crippen molar-refractivity contribution in [3.05, 3.63) is 29.3 Å². The van der Waals surface area contributed by atoms with Crippen LogP contribution >= 0.6 is 0 Å². The Bertz CT molecular complexity index is 440. The molecular formula is C16H24O3. The van der Waals surface area contributed by atoms with E-state index in [-0.39, 0.29) is 23.7 Å². The van der Waals surface area contributed by atoms with Crippen molar-refractivity contribution in [3.63, 3.8) is 0 Å². The Hall–Kier alpha value is -1.35. The molecule has 0 fully saturated rings. The Morgan fingerprint density at radius 1 is 1.37 bits per heavy atom. The Morgan fingerprint density at radius 3 is 2.42 bits per heavy atom. The summed E-state index contributed by atoms with van der Waals surface area (Å²) >= 11 is 0. The van der Waals surface area contributed by atoms with Crippen LogP contribution in [0.3, 0.4) is 0 Å². The minimum absolute atomic E-state index is 0.00171. The molecule has 0 amide bonds. The number of rotatable bonds is 5. The molecule has 1 N–H and O–H groups in total. The first-order chi connectivity index (χ1) is 8.85. The molecule has 0 aliphatic heterocycles. The fraction of sp³-hybridized carbons (Fsp3) is 0.562. The lowest BCUT2D eigenvalue weighted by Gasteiger charge is -2.23. The maximum atomic E-state index is 12.3. The fourth-order valence-corrected chi connectivity index (χ4v) is 2.08. The van der Waals surface area contributed by atoms with Gasteiger partial charge in [-0.3, -0.25) is 4.79 Å². The van der Waals surface area contributed by atoms with Crippen molar-refractivity contribution in [1.82, 2.24) is 0 Å². The highest BCUT2D eigenvalue weighted by molar-refractivity contribution is 5.98. The van der Waals surface area contributed by atoms with Gasteiger partial charge in [-0.1, -0.05) is 27.7 Å². The molecule has 1 atom stereocenters. The van der Waals surface area contributed by atoms with E-state index in [2.05, 4.69) is 20.8 Å². The number of aliphatic hydroxyl groups excluding tert-OH is 1. The molecule has 0 saturated carbocycles. The smallest absolute Gasteiger partial charge is 0.168 e. The minimum Gasteiger partial charge on any atom is -0.496 e. The van der Waals surface area contributed by atoms with Crippen LogP contribution in [0.1, 0.15) is 50.0 Å². The van der Waals surface area contributed by atoms with Crippen LogP contribution in [-0.4, -0.2) is 24.6 Å². The highest BCUT2D eigenvalue weighted by Gasteiger charge is 2.23. The number of ketones is 1. The number of methoxy groups -OCH3 is 1. The lowest BCUT2D eigenvalue weighted by molar-refractivity contribution is 0.0856. The van der Waals surface area contributed by atoms with Gasteiger partial charge in [-0.05, 0) is 30.0 Å². The van der Waals surface area contributed by atoms with E-state index in [1.807, 2.05) is 19.1 Å². The lowest BCUT2D eigenvalue weighted by atomic mass is 9.84. The number of aliphatic hydroxyl groups is 1. The van der Waals surface area contributed by atoms with E-state index in [0.29, 0.717) is 12.0 Å². The molecule has 1 aromatic rings. The predicted octanol–water partition coefficient (Wildman–Crippen LogP) is 3.19. The molecule has 0 bridgehead atoms. The SMILES string of the molecule is CCC(CO)C(=O)c1ccc(OC)c(C(C)(C)C)c1. The van der Waals surface area contributed by atoms with Gasteiger partial charge in [0.05, 0.1) is 13.7 Å². The van der Waals surface area contributed by atoms with Crippen molar-refractivity contribution in [1.29, 1.82) is 0 Å². The first-order valence-electron chi connectivity index (χ1n) is 6.68. The summed E-state index contributed by atoms with van der Waals surface area (Å²) in [6.45, 7) is 8.06. The normalized spacial score (nSPS) is 13.2. The quantitative estimate of drug-likeness (QED) is 0.831. The predicted molar refractivity (Wildman–Crippen MR) is 76.9 cm³/mol. The first-order valence-corrected chi connectivity index (χ1v) is 6.68. The second kappa shape index (κ2) is 6.20. The topological polar surface area (TPSA) is 46.5 Å². The molecule has 0 spiro atoms. The van der Waals surface area contributed by atoms with Gasteiger partial charge in [-0.2, -0.15) is 0 Å². The van der Waals surface area contributed by atoms with Crippen LogP contribution in [0, 0.1) is 5.92 Å². The lowest BCUT2D eigenvalue weighted by Crippen LogP contribution is -2.19. The molecule has 0 aliphatic carbocycles. The highest BCUT2D eigenvalue weighted by atomic mass is 16.5. The summed E-state index contributed by atoms with van der Waals surface area (Å²) in [7, 11) is 1.63. The molecular weight excluding hydrogens is 240 g/mol. The van der Waals surface area contributed by atoms with E-state index in [1.165, 1.54) is 0 Å². The van der Waals surface area contributed by atoms with Crippen molar-refractivity contribution in [2.24, 2.45) is 5.92 Å². The zero-order valence-electron chi connectivity index (χ0n) is 12.5. The number of hydrogen-bond acceptors (Lipinski definition) is 3. The van der Waals surface area contributed by atoms with Crippen molar-refractivity contribution in [2.75, 3.05) is 13.7 Å². The molecule has 0 aliphatic rings. The summed E-state index contributed by atoms with van der Waals surface area (Å²) in [6, 6.07) is 5.49. The monoisotopic (exact) mass is 264 g/mol. The van der Waals surface area contributed by atoms with Crippen LogP contribution in [0.4, 0.5) is 0 Å². The zero-order valence-corrected chi connectivity index (χ0v) is 12.5. The van der Waals surface area contributed by atoms with E-state index >= 15 is 0 Å². The molecule has 0 heterocycles. The Balaban J connectivity index is 3.22. The number of Topliss-reactive ketones (excluding diaryl/α,β-unsaturated/α-hetero) is 1. The number of ether oxygens (including phenoxy) is 1. The molecule has 3 heteroatoms. The fourth-order valence-electron chi connectivity index (χ4n) is 2.08.